The fraction of sp³-hybridized carbons (Fsp3) is 0.0909. The summed E-state index contributed by atoms with van der Waals surface area (Å²) in [5, 5.41) is 3.44. The zero-order valence-corrected chi connectivity index (χ0v) is 13.2. The highest BCUT2D eigenvalue weighted by Gasteiger charge is 2.11. The monoisotopic (exact) mass is 391 g/mol. The molecule has 0 amide bonds. The van der Waals surface area contributed by atoms with Gasteiger partial charge in [0.2, 0.25) is 5.88 Å². The van der Waals surface area contributed by atoms with Crippen molar-refractivity contribution in [2.75, 3.05) is 12.4 Å². The molecule has 0 spiro atoms. The van der Waals surface area contributed by atoms with Gasteiger partial charge < -0.3 is 10.1 Å². The van der Waals surface area contributed by atoms with Crippen molar-refractivity contribution in [3.63, 3.8) is 0 Å². The Morgan fingerprint density at radius 3 is 2.78 bits per heavy atom. The molecule has 0 radical (unpaired) electrons. The molecule has 0 bridgehead atoms. The molecule has 1 aromatic carbocycles. The van der Waals surface area contributed by atoms with E-state index in [0.29, 0.717) is 26.9 Å². The van der Waals surface area contributed by atoms with Gasteiger partial charge in [-0.15, -0.1) is 0 Å². The number of benzene rings is 1. The molecule has 0 aliphatic carbocycles. The zero-order valence-electron chi connectivity index (χ0n) is 9.25. The smallest absolute Gasteiger partial charge is 0.238 e. The quantitative estimate of drug-likeness (QED) is 0.835. The lowest BCUT2D eigenvalue weighted by molar-refractivity contribution is 0.458. The van der Waals surface area contributed by atoms with Crippen LogP contribution in [0.2, 0.25) is 5.02 Å². The maximum absolute atomic E-state index is 6.05. The molecule has 4 nitrogen and oxygen atoms in total. The Morgan fingerprint density at radius 2 is 2.06 bits per heavy atom. The third kappa shape index (κ3) is 2.93. The molecule has 1 N–H and O–H groups in total. The number of nitrogens with zero attached hydrogens (tertiary/aromatic N) is 2. The molecule has 2 aromatic rings. The molecule has 18 heavy (non-hydrogen) atoms. The summed E-state index contributed by atoms with van der Waals surface area (Å²) in [5.74, 6) is 1.56. The number of hydrogen-bond acceptors (Lipinski definition) is 4. The molecule has 2 rings (SSSR count). The molecular formula is C11H8Br2ClN3O. The minimum absolute atomic E-state index is 0.398. The van der Waals surface area contributed by atoms with Crippen LogP contribution in [0, 0.1) is 0 Å². The Labute approximate surface area is 126 Å². The van der Waals surface area contributed by atoms with Gasteiger partial charge >= 0.3 is 0 Å². The summed E-state index contributed by atoms with van der Waals surface area (Å²) < 4.78 is 7.18. The predicted molar refractivity (Wildman–Crippen MR) is 78.5 cm³/mol. The van der Waals surface area contributed by atoms with Crippen LogP contribution < -0.4 is 10.1 Å². The van der Waals surface area contributed by atoms with E-state index in [0.717, 1.165) is 4.47 Å². The van der Waals surface area contributed by atoms with Crippen molar-refractivity contribution >= 4 is 49.3 Å². The molecule has 0 aliphatic rings. The Bertz CT molecular complexity index is 580. The van der Waals surface area contributed by atoms with Crippen LogP contribution >= 0.6 is 43.5 Å². The first-order chi connectivity index (χ1) is 8.61. The van der Waals surface area contributed by atoms with E-state index in [9.17, 15) is 0 Å². The predicted octanol–water partition coefficient (Wildman–Crippen LogP) is 4.49. The number of ether oxygens (including phenoxy) is 1. The van der Waals surface area contributed by atoms with Gasteiger partial charge in [0.05, 0.1) is 5.02 Å². The lowest BCUT2D eigenvalue weighted by Crippen LogP contribution is -1.97. The summed E-state index contributed by atoms with van der Waals surface area (Å²) in [5.41, 5.74) is 0. The van der Waals surface area contributed by atoms with Crippen molar-refractivity contribution < 1.29 is 4.74 Å². The van der Waals surface area contributed by atoms with E-state index in [1.165, 1.54) is 6.33 Å². The van der Waals surface area contributed by atoms with E-state index in [1.807, 2.05) is 6.07 Å². The average Bonchev–Trinajstić information content (AvgIpc) is 2.36. The number of anilines is 1. The summed E-state index contributed by atoms with van der Waals surface area (Å²) in [7, 11) is 1.77. The third-order valence-electron chi connectivity index (χ3n) is 2.09. The minimum Gasteiger partial charge on any atom is -0.436 e. The van der Waals surface area contributed by atoms with E-state index >= 15 is 0 Å². The van der Waals surface area contributed by atoms with Crippen molar-refractivity contribution in [3.8, 4) is 11.6 Å². The van der Waals surface area contributed by atoms with Crippen molar-refractivity contribution in [2.24, 2.45) is 0 Å². The van der Waals surface area contributed by atoms with E-state index in [1.54, 1.807) is 19.2 Å². The number of aromatic nitrogens is 2. The van der Waals surface area contributed by atoms with Gasteiger partial charge in [-0.05, 0) is 34.1 Å². The van der Waals surface area contributed by atoms with Crippen molar-refractivity contribution in [1.29, 1.82) is 0 Å². The first kappa shape index (κ1) is 13.6. The van der Waals surface area contributed by atoms with Gasteiger partial charge in [0.15, 0.2) is 0 Å². The van der Waals surface area contributed by atoms with Crippen LogP contribution in [0.5, 0.6) is 11.6 Å². The molecule has 0 aliphatic heterocycles. The van der Waals surface area contributed by atoms with Gasteiger partial charge in [-0.2, -0.15) is 0 Å². The lowest BCUT2D eigenvalue weighted by atomic mass is 10.3. The summed E-state index contributed by atoms with van der Waals surface area (Å²) in [6.07, 6.45) is 1.41. The van der Waals surface area contributed by atoms with E-state index in [-0.39, 0.29) is 0 Å². The van der Waals surface area contributed by atoms with Crippen LogP contribution in [0.1, 0.15) is 0 Å². The molecule has 1 heterocycles. The zero-order chi connectivity index (χ0) is 13.1. The second kappa shape index (κ2) is 5.86. The normalized spacial score (nSPS) is 10.2. The number of halogens is 3. The number of nitrogens with one attached hydrogen (secondary N) is 1. The topological polar surface area (TPSA) is 47.0 Å². The fourth-order valence-electron chi connectivity index (χ4n) is 1.26. The Kier molecular flexibility index (Phi) is 4.42. The van der Waals surface area contributed by atoms with Gasteiger partial charge in [-0.25, -0.2) is 9.97 Å². The summed E-state index contributed by atoms with van der Waals surface area (Å²) in [6.45, 7) is 0. The number of hydrogen-bond donors (Lipinski definition) is 1. The van der Waals surface area contributed by atoms with Gasteiger partial charge in [0, 0.05) is 11.5 Å². The van der Waals surface area contributed by atoms with E-state index in [4.69, 9.17) is 16.3 Å². The highest BCUT2D eigenvalue weighted by Crippen LogP contribution is 2.35. The van der Waals surface area contributed by atoms with Gasteiger partial charge in [0.25, 0.3) is 0 Å². The molecule has 0 saturated carbocycles. The van der Waals surface area contributed by atoms with Crippen LogP contribution in [0.15, 0.2) is 33.5 Å². The molecule has 1 aromatic heterocycles. The molecule has 7 heteroatoms. The molecule has 0 unspecified atom stereocenters. The third-order valence-corrected chi connectivity index (χ3v) is 3.61. The van der Waals surface area contributed by atoms with E-state index in [2.05, 4.69) is 47.1 Å². The minimum atomic E-state index is 0.398. The van der Waals surface area contributed by atoms with E-state index < -0.39 is 0 Å². The molecular weight excluding hydrogens is 385 g/mol. The summed E-state index contributed by atoms with van der Waals surface area (Å²) in [6, 6.07) is 5.36. The second-order valence-corrected chi connectivity index (χ2v) is 5.38. The maximum Gasteiger partial charge on any atom is 0.238 e. The Morgan fingerprint density at radius 1 is 1.28 bits per heavy atom. The van der Waals surface area contributed by atoms with Crippen LogP contribution in [-0.4, -0.2) is 17.0 Å². The molecule has 0 atom stereocenters. The molecule has 94 valence electrons. The number of rotatable bonds is 3. The largest absolute Gasteiger partial charge is 0.436 e. The summed E-state index contributed by atoms with van der Waals surface area (Å²) >= 11 is 12.8. The average molecular weight is 393 g/mol. The van der Waals surface area contributed by atoms with Gasteiger partial charge in [-0.3, -0.25) is 0 Å². The van der Waals surface area contributed by atoms with Crippen molar-refractivity contribution in [2.45, 2.75) is 0 Å². The first-order valence-electron chi connectivity index (χ1n) is 4.93. The Hall–Kier alpha value is -0.850. The lowest BCUT2D eigenvalue weighted by Gasteiger charge is -2.10. The van der Waals surface area contributed by atoms with Gasteiger partial charge in [-0.1, -0.05) is 27.5 Å². The van der Waals surface area contributed by atoms with Crippen LogP contribution in [-0.2, 0) is 0 Å². The SMILES string of the molecule is CNc1ncnc(Oc2cc(Br)ccc2Cl)c1Br. The standard InChI is InChI=1S/C11H8Br2ClN3O/c1-15-10-9(13)11(17-5-16-10)18-8-4-6(12)2-3-7(8)14/h2-5H,1H3,(H,15,16,17). The molecule has 0 fully saturated rings. The summed E-state index contributed by atoms with van der Waals surface area (Å²) in [4.78, 5) is 8.11. The molecule has 0 saturated heterocycles. The van der Waals surface area contributed by atoms with Crippen molar-refractivity contribution in [1.82, 2.24) is 9.97 Å². The van der Waals surface area contributed by atoms with Crippen LogP contribution in [0.3, 0.4) is 0 Å². The second-order valence-electron chi connectivity index (χ2n) is 3.27. The highest BCUT2D eigenvalue weighted by atomic mass is 79.9. The highest BCUT2D eigenvalue weighted by molar-refractivity contribution is 9.11. The van der Waals surface area contributed by atoms with Crippen LogP contribution in [0.4, 0.5) is 5.82 Å². The first-order valence-corrected chi connectivity index (χ1v) is 6.89. The van der Waals surface area contributed by atoms with Crippen LogP contribution in [0.25, 0.3) is 0 Å². The van der Waals surface area contributed by atoms with Gasteiger partial charge in [0.1, 0.15) is 22.4 Å². The maximum atomic E-state index is 6.05. The van der Waals surface area contributed by atoms with Crippen molar-refractivity contribution in [3.05, 3.63) is 38.5 Å². The fourth-order valence-corrected chi connectivity index (χ4v) is 2.24. The Balaban J connectivity index is 2.37.